The molecule has 0 aliphatic rings. The standard InChI is InChI=1S/C16H21N3O2/c1-9(10(2)17)15(20)19-14-7-5-6-13(8-14)16-18-11(3)12(4)21-16/h5-10H,17H2,1-4H3,(H,19,20). The Morgan fingerprint density at radius 1 is 1.33 bits per heavy atom. The molecule has 0 saturated heterocycles. The highest BCUT2D eigenvalue weighted by atomic mass is 16.4. The molecule has 0 aliphatic heterocycles. The maximum atomic E-state index is 12.0. The number of nitrogens with one attached hydrogen (secondary N) is 1. The zero-order valence-corrected chi connectivity index (χ0v) is 12.8. The van der Waals surface area contributed by atoms with E-state index in [1.165, 1.54) is 0 Å². The van der Waals surface area contributed by atoms with Gasteiger partial charge < -0.3 is 15.5 Å². The van der Waals surface area contributed by atoms with Crippen molar-refractivity contribution in [2.45, 2.75) is 33.7 Å². The van der Waals surface area contributed by atoms with E-state index >= 15 is 0 Å². The largest absolute Gasteiger partial charge is 0.441 e. The zero-order chi connectivity index (χ0) is 15.6. The second-order valence-electron chi connectivity index (χ2n) is 5.38. The SMILES string of the molecule is Cc1nc(-c2cccc(NC(=O)C(C)C(C)N)c2)oc1C. The second kappa shape index (κ2) is 6.10. The van der Waals surface area contributed by atoms with Gasteiger partial charge in [-0.2, -0.15) is 0 Å². The third kappa shape index (κ3) is 3.49. The van der Waals surface area contributed by atoms with Crippen molar-refractivity contribution in [3.8, 4) is 11.5 Å². The predicted molar refractivity (Wildman–Crippen MR) is 82.9 cm³/mol. The molecule has 0 aliphatic carbocycles. The summed E-state index contributed by atoms with van der Waals surface area (Å²) >= 11 is 0. The summed E-state index contributed by atoms with van der Waals surface area (Å²) in [6, 6.07) is 7.24. The van der Waals surface area contributed by atoms with E-state index in [0.29, 0.717) is 11.6 Å². The fraction of sp³-hybridized carbons (Fsp3) is 0.375. The van der Waals surface area contributed by atoms with Gasteiger partial charge in [0.25, 0.3) is 0 Å². The Labute approximate surface area is 124 Å². The first kappa shape index (κ1) is 15.3. The van der Waals surface area contributed by atoms with Crippen LogP contribution in [0.3, 0.4) is 0 Å². The molecular formula is C16H21N3O2. The molecule has 2 atom stereocenters. The molecule has 3 N–H and O–H groups in total. The van der Waals surface area contributed by atoms with E-state index < -0.39 is 0 Å². The van der Waals surface area contributed by atoms with Crippen LogP contribution in [-0.4, -0.2) is 16.9 Å². The number of carbonyl (C=O) groups excluding carboxylic acids is 1. The number of amides is 1. The summed E-state index contributed by atoms with van der Waals surface area (Å²) < 4.78 is 5.60. The molecule has 5 nitrogen and oxygen atoms in total. The average molecular weight is 287 g/mol. The fourth-order valence-electron chi connectivity index (χ4n) is 1.82. The summed E-state index contributed by atoms with van der Waals surface area (Å²) in [6.45, 7) is 7.41. The van der Waals surface area contributed by atoms with Crippen molar-refractivity contribution in [1.29, 1.82) is 0 Å². The Hall–Kier alpha value is -2.14. The number of rotatable bonds is 4. The Morgan fingerprint density at radius 3 is 2.62 bits per heavy atom. The highest BCUT2D eigenvalue weighted by Crippen LogP contribution is 2.24. The summed E-state index contributed by atoms with van der Waals surface area (Å²) in [5.74, 6) is 1.01. The van der Waals surface area contributed by atoms with Crippen molar-refractivity contribution in [1.82, 2.24) is 4.98 Å². The van der Waals surface area contributed by atoms with Crippen LogP contribution in [0, 0.1) is 19.8 Å². The van der Waals surface area contributed by atoms with Crippen LogP contribution in [0.25, 0.3) is 11.5 Å². The first-order valence-corrected chi connectivity index (χ1v) is 6.99. The molecule has 0 radical (unpaired) electrons. The highest BCUT2D eigenvalue weighted by molar-refractivity contribution is 5.93. The smallest absolute Gasteiger partial charge is 0.228 e. The van der Waals surface area contributed by atoms with Crippen LogP contribution < -0.4 is 11.1 Å². The van der Waals surface area contributed by atoms with Gasteiger partial charge in [-0.25, -0.2) is 4.98 Å². The summed E-state index contributed by atoms with van der Waals surface area (Å²) in [4.78, 5) is 16.4. The molecule has 1 aromatic heterocycles. The Kier molecular flexibility index (Phi) is 4.43. The highest BCUT2D eigenvalue weighted by Gasteiger charge is 2.17. The molecule has 2 rings (SSSR count). The van der Waals surface area contributed by atoms with Gasteiger partial charge in [-0.15, -0.1) is 0 Å². The fourth-order valence-corrected chi connectivity index (χ4v) is 1.82. The third-order valence-corrected chi connectivity index (χ3v) is 3.61. The minimum atomic E-state index is -0.250. The number of anilines is 1. The van der Waals surface area contributed by atoms with Crippen molar-refractivity contribution in [3.63, 3.8) is 0 Å². The van der Waals surface area contributed by atoms with Crippen molar-refractivity contribution < 1.29 is 9.21 Å². The summed E-state index contributed by atoms with van der Waals surface area (Å²) in [5.41, 5.74) is 8.15. The van der Waals surface area contributed by atoms with Gasteiger partial charge in [0.15, 0.2) is 0 Å². The van der Waals surface area contributed by atoms with Gasteiger partial charge in [-0.05, 0) is 39.0 Å². The van der Waals surface area contributed by atoms with Crippen LogP contribution in [-0.2, 0) is 4.79 Å². The number of aryl methyl sites for hydroxylation is 2. The number of oxazole rings is 1. The molecule has 1 heterocycles. The van der Waals surface area contributed by atoms with E-state index in [1.54, 1.807) is 0 Å². The monoisotopic (exact) mass is 287 g/mol. The van der Waals surface area contributed by atoms with Gasteiger partial charge in [-0.3, -0.25) is 4.79 Å². The molecule has 2 aromatic rings. The van der Waals surface area contributed by atoms with E-state index in [2.05, 4.69) is 10.3 Å². The summed E-state index contributed by atoms with van der Waals surface area (Å²) in [6.07, 6.45) is 0. The molecule has 112 valence electrons. The third-order valence-electron chi connectivity index (χ3n) is 3.61. The molecule has 0 fully saturated rings. The summed E-state index contributed by atoms with van der Waals surface area (Å²) in [5, 5.41) is 2.87. The normalized spacial score (nSPS) is 13.8. The average Bonchev–Trinajstić information content (AvgIpc) is 2.78. The summed E-state index contributed by atoms with van der Waals surface area (Å²) in [7, 11) is 0. The second-order valence-corrected chi connectivity index (χ2v) is 5.38. The first-order valence-electron chi connectivity index (χ1n) is 6.99. The lowest BCUT2D eigenvalue weighted by Gasteiger charge is -2.15. The van der Waals surface area contributed by atoms with E-state index in [1.807, 2.05) is 52.0 Å². The number of aromatic nitrogens is 1. The lowest BCUT2D eigenvalue weighted by Crippen LogP contribution is -2.34. The van der Waals surface area contributed by atoms with E-state index in [0.717, 1.165) is 17.0 Å². The minimum Gasteiger partial charge on any atom is -0.441 e. The number of nitrogens with zero attached hydrogens (tertiary/aromatic N) is 1. The van der Waals surface area contributed by atoms with Crippen molar-refractivity contribution in [2.24, 2.45) is 11.7 Å². The first-order chi connectivity index (χ1) is 9.88. The lowest BCUT2D eigenvalue weighted by molar-refractivity contribution is -0.119. The van der Waals surface area contributed by atoms with Gasteiger partial charge in [-0.1, -0.05) is 13.0 Å². The van der Waals surface area contributed by atoms with E-state index in [4.69, 9.17) is 10.2 Å². The van der Waals surface area contributed by atoms with Crippen molar-refractivity contribution in [2.75, 3.05) is 5.32 Å². The molecular weight excluding hydrogens is 266 g/mol. The molecule has 1 amide bonds. The number of carbonyl (C=O) groups is 1. The van der Waals surface area contributed by atoms with Crippen LogP contribution in [0.15, 0.2) is 28.7 Å². The predicted octanol–water partition coefficient (Wildman–Crippen LogP) is 2.88. The number of benzene rings is 1. The minimum absolute atomic E-state index is 0.0954. The van der Waals surface area contributed by atoms with Gasteiger partial charge in [0.05, 0.1) is 11.6 Å². The molecule has 0 spiro atoms. The van der Waals surface area contributed by atoms with Crippen molar-refractivity contribution >= 4 is 11.6 Å². The maximum absolute atomic E-state index is 12.0. The van der Waals surface area contributed by atoms with Crippen LogP contribution in [0.4, 0.5) is 5.69 Å². The number of hydrogen-bond donors (Lipinski definition) is 2. The molecule has 0 bridgehead atoms. The molecule has 1 aromatic carbocycles. The zero-order valence-electron chi connectivity index (χ0n) is 12.8. The topological polar surface area (TPSA) is 81.2 Å². The van der Waals surface area contributed by atoms with Crippen molar-refractivity contribution in [3.05, 3.63) is 35.7 Å². The van der Waals surface area contributed by atoms with Gasteiger partial charge in [0, 0.05) is 17.3 Å². The molecule has 2 unspecified atom stereocenters. The maximum Gasteiger partial charge on any atom is 0.228 e. The van der Waals surface area contributed by atoms with E-state index in [-0.39, 0.29) is 17.9 Å². The van der Waals surface area contributed by atoms with Crippen LogP contribution in [0.5, 0.6) is 0 Å². The van der Waals surface area contributed by atoms with E-state index in [9.17, 15) is 4.79 Å². The Morgan fingerprint density at radius 2 is 2.05 bits per heavy atom. The number of hydrogen-bond acceptors (Lipinski definition) is 4. The molecule has 5 heteroatoms. The van der Waals surface area contributed by atoms with Gasteiger partial charge in [0.2, 0.25) is 11.8 Å². The molecule has 0 saturated carbocycles. The van der Waals surface area contributed by atoms with Crippen LogP contribution in [0.1, 0.15) is 25.3 Å². The number of nitrogens with two attached hydrogens (primary N) is 1. The Bertz CT molecular complexity index is 627. The van der Waals surface area contributed by atoms with Gasteiger partial charge >= 0.3 is 0 Å². The van der Waals surface area contributed by atoms with Gasteiger partial charge in [0.1, 0.15) is 5.76 Å². The van der Waals surface area contributed by atoms with Crippen LogP contribution in [0.2, 0.25) is 0 Å². The Balaban J connectivity index is 2.20. The van der Waals surface area contributed by atoms with Crippen LogP contribution >= 0.6 is 0 Å². The molecule has 21 heavy (non-hydrogen) atoms. The quantitative estimate of drug-likeness (QED) is 0.906. The lowest BCUT2D eigenvalue weighted by atomic mass is 10.0.